The van der Waals surface area contributed by atoms with E-state index in [4.69, 9.17) is 4.74 Å². The Morgan fingerprint density at radius 2 is 1.71 bits per heavy atom. The Balaban J connectivity index is 2.73. The van der Waals surface area contributed by atoms with Crippen LogP contribution in [0, 0.1) is 13.8 Å². The first-order valence-corrected chi connectivity index (χ1v) is 4.76. The highest BCUT2D eigenvalue weighted by Crippen LogP contribution is 2.25. The molecule has 0 saturated heterocycles. The second-order valence-electron chi connectivity index (χ2n) is 3.67. The summed E-state index contributed by atoms with van der Waals surface area (Å²) < 4.78 is 5.28. The number of ether oxygens (including phenoxy) is 1. The lowest BCUT2D eigenvalue weighted by Crippen LogP contribution is -1.87. The van der Waals surface area contributed by atoms with Crippen LogP contribution in [0.4, 0.5) is 0 Å². The molecular weight excluding hydrogens is 172 g/mol. The van der Waals surface area contributed by atoms with E-state index >= 15 is 0 Å². The van der Waals surface area contributed by atoms with Gasteiger partial charge in [0.05, 0.1) is 7.11 Å². The number of methoxy groups -OCH3 is 1. The second kappa shape index (κ2) is 3.33. The first kappa shape index (κ1) is 9.07. The van der Waals surface area contributed by atoms with Gasteiger partial charge in [-0.3, -0.25) is 0 Å². The van der Waals surface area contributed by atoms with Gasteiger partial charge in [0.2, 0.25) is 0 Å². The number of rotatable bonds is 1. The van der Waals surface area contributed by atoms with Crippen molar-refractivity contribution in [1.29, 1.82) is 0 Å². The Hall–Kier alpha value is -1.50. The van der Waals surface area contributed by atoms with Gasteiger partial charge in [-0.2, -0.15) is 0 Å². The molecule has 0 aliphatic carbocycles. The average Bonchev–Trinajstić information content (AvgIpc) is 2.16. The van der Waals surface area contributed by atoms with Gasteiger partial charge in [0.25, 0.3) is 0 Å². The molecule has 1 nitrogen and oxygen atoms in total. The molecule has 0 aromatic heterocycles. The van der Waals surface area contributed by atoms with Crippen molar-refractivity contribution in [2.75, 3.05) is 7.11 Å². The van der Waals surface area contributed by atoms with Crippen molar-refractivity contribution in [3.05, 3.63) is 41.5 Å². The minimum absolute atomic E-state index is 0.960. The summed E-state index contributed by atoms with van der Waals surface area (Å²) in [5, 5.41) is 2.52. The minimum atomic E-state index is 0.960. The zero-order valence-corrected chi connectivity index (χ0v) is 8.79. The molecule has 0 fully saturated rings. The molecule has 0 radical (unpaired) electrons. The van der Waals surface area contributed by atoms with Gasteiger partial charge in [0.15, 0.2) is 0 Å². The Morgan fingerprint density at radius 3 is 2.43 bits per heavy atom. The van der Waals surface area contributed by atoms with Crippen molar-refractivity contribution < 1.29 is 4.74 Å². The molecule has 0 atom stereocenters. The van der Waals surface area contributed by atoms with Gasteiger partial charge in [0, 0.05) is 0 Å². The van der Waals surface area contributed by atoms with Gasteiger partial charge < -0.3 is 4.74 Å². The van der Waals surface area contributed by atoms with Crippen LogP contribution in [0.15, 0.2) is 30.3 Å². The van der Waals surface area contributed by atoms with Crippen LogP contribution in [0.25, 0.3) is 10.8 Å². The van der Waals surface area contributed by atoms with Crippen LogP contribution >= 0.6 is 0 Å². The normalized spacial score (nSPS) is 10.5. The molecule has 72 valence electrons. The van der Waals surface area contributed by atoms with E-state index in [0.29, 0.717) is 0 Å². The molecule has 0 bridgehead atoms. The molecule has 2 aromatic rings. The van der Waals surface area contributed by atoms with E-state index in [9.17, 15) is 0 Å². The van der Waals surface area contributed by atoms with Crippen LogP contribution in [0.5, 0.6) is 5.75 Å². The maximum Gasteiger partial charge on any atom is 0.122 e. The van der Waals surface area contributed by atoms with Crippen molar-refractivity contribution in [2.45, 2.75) is 13.8 Å². The molecule has 2 rings (SSSR count). The average molecular weight is 186 g/mol. The molecule has 0 spiro atoms. The molecule has 2 aromatic carbocycles. The minimum Gasteiger partial charge on any atom is -0.496 e. The fourth-order valence-corrected chi connectivity index (χ4v) is 1.73. The first-order chi connectivity index (χ1) is 6.70. The molecule has 0 heterocycles. The van der Waals surface area contributed by atoms with Gasteiger partial charge in [-0.15, -0.1) is 0 Å². The topological polar surface area (TPSA) is 9.23 Å². The van der Waals surface area contributed by atoms with Gasteiger partial charge in [-0.25, -0.2) is 0 Å². The lowest BCUT2D eigenvalue weighted by Gasteiger charge is -2.07. The molecule has 14 heavy (non-hydrogen) atoms. The van der Waals surface area contributed by atoms with Gasteiger partial charge >= 0.3 is 0 Å². The van der Waals surface area contributed by atoms with Crippen LogP contribution in [0.1, 0.15) is 11.1 Å². The van der Waals surface area contributed by atoms with Gasteiger partial charge in [0.1, 0.15) is 5.75 Å². The Kier molecular flexibility index (Phi) is 2.16. The smallest absolute Gasteiger partial charge is 0.122 e. The maximum atomic E-state index is 5.28. The van der Waals surface area contributed by atoms with Gasteiger partial charge in [-0.1, -0.05) is 23.8 Å². The highest BCUT2D eigenvalue weighted by Gasteiger charge is 2.00. The van der Waals surface area contributed by atoms with Crippen LogP contribution in [-0.4, -0.2) is 7.11 Å². The summed E-state index contributed by atoms with van der Waals surface area (Å²) in [4.78, 5) is 0. The number of benzene rings is 2. The summed E-state index contributed by atoms with van der Waals surface area (Å²) in [7, 11) is 1.71. The predicted octanol–water partition coefficient (Wildman–Crippen LogP) is 3.47. The molecule has 0 N–H and O–H groups in total. The highest BCUT2D eigenvalue weighted by atomic mass is 16.5. The van der Waals surface area contributed by atoms with Crippen LogP contribution < -0.4 is 4.74 Å². The van der Waals surface area contributed by atoms with E-state index in [1.165, 1.54) is 21.9 Å². The number of hydrogen-bond donors (Lipinski definition) is 0. The predicted molar refractivity (Wildman–Crippen MR) is 60.0 cm³/mol. The molecule has 0 saturated carbocycles. The SMILES string of the molecule is COc1cc2ccc(C)cc2cc1C. The molecule has 0 aliphatic heterocycles. The van der Waals surface area contributed by atoms with E-state index in [-0.39, 0.29) is 0 Å². The van der Waals surface area contributed by atoms with E-state index in [0.717, 1.165) is 5.75 Å². The summed E-state index contributed by atoms with van der Waals surface area (Å²) in [5.74, 6) is 0.960. The molecule has 0 amide bonds. The van der Waals surface area contributed by atoms with E-state index in [1.807, 2.05) is 0 Å². The van der Waals surface area contributed by atoms with Gasteiger partial charge in [-0.05, 0) is 42.3 Å². The largest absolute Gasteiger partial charge is 0.496 e. The number of fused-ring (bicyclic) bond motifs is 1. The van der Waals surface area contributed by atoms with Crippen molar-refractivity contribution >= 4 is 10.8 Å². The number of hydrogen-bond acceptors (Lipinski definition) is 1. The lowest BCUT2D eigenvalue weighted by molar-refractivity contribution is 0.412. The Bertz CT molecular complexity index is 472. The fraction of sp³-hybridized carbons (Fsp3) is 0.231. The van der Waals surface area contributed by atoms with Crippen molar-refractivity contribution in [1.82, 2.24) is 0 Å². The monoisotopic (exact) mass is 186 g/mol. The summed E-state index contributed by atoms with van der Waals surface area (Å²) >= 11 is 0. The number of aryl methyl sites for hydroxylation is 2. The van der Waals surface area contributed by atoms with Crippen LogP contribution in [-0.2, 0) is 0 Å². The quantitative estimate of drug-likeness (QED) is 0.662. The Morgan fingerprint density at radius 1 is 0.929 bits per heavy atom. The molecule has 0 aliphatic rings. The summed E-state index contributed by atoms with van der Waals surface area (Å²) in [5.41, 5.74) is 2.48. The molecule has 0 unspecified atom stereocenters. The second-order valence-corrected chi connectivity index (χ2v) is 3.67. The zero-order valence-electron chi connectivity index (χ0n) is 8.79. The van der Waals surface area contributed by atoms with Crippen molar-refractivity contribution in [3.8, 4) is 5.75 Å². The highest BCUT2D eigenvalue weighted by molar-refractivity contribution is 5.85. The third kappa shape index (κ3) is 1.46. The fourth-order valence-electron chi connectivity index (χ4n) is 1.73. The third-order valence-electron chi connectivity index (χ3n) is 2.51. The maximum absolute atomic E-state index is 5.28. The summed E-state index contributed by atoms with van der Waals surface area (Å²) in [6, 6.07) is 10.7. The van der Waals surface area contributed by atoms with Crippen LogP contribution in [0.2, 0.25) is 0 Å². The van der Waals surface area contributed by atoms with Crippen molar-refractivity contribution in [2.24, 2.45) is 0 Å². The third-order valence-corrected chi connectivity index (χ3v) is 2.51. The lowest BCUT2D eigenvalue weighted by atomic mass is 10.0. The molecule has 1 heteroatoms. The van der Waals surface area contributed by atoms with Crippen LogP contribution in [0.3, 0.4) is 0 Å². The van der Waals surface area contributed by atoms with Crippen molar-refractivity contribution in [3.63, 3.8) is 0 Å². The first-order valence-electron chi connectivity index (χ1n) is 4.76. The van der Waals surface area contributed by atoms with E-state index in [2.05, 4.69) is 44.2 Å². The summed E-state index contributed by atoms with van der Waals surface area (Å²) in [6.07, 6.45) is 0. The van der Waals surface area contributed by atoms with E-state index < -0.39 is 0 Å². The Labute approximate surface area is 84.3 Å². The molecular formula is C13H14O. The zero-order chi connectivity index (χ0) is 10.1. The summed E-state index contributed by atoms with van der Waals surface area (Å²) in [6.45, 7) is 4.18. The van der Waals surface area contributed by atoms with E-state index in [1.54, 1.807) is 7.11 Å². The standard InChI is InChI=1S/C13H14O/c1-9-4-5-11-8-13(14-3)10(2)7-12(11)6-9/h4-8H,1-3H3.